The van der Waals surface area contributed by atoms with E-state index in [4.69, 9.17) is 0 Å². The van der Waals surface area contributed by atoms with Gasteiger partial charge in [-0.2, -0.15) is 0 Å². The van der Waals surface area contributed by atoms with E-state index in [1.807, 2.05) is 11.3 Å². The lowest BCUT2D eigenvalue weighted by Crippen LogP contribution is -2.10. The number of benzene rings is 11. The molecule has 0 aliphatic rings. The second-order valence-electron chi connectivity index (χ2n) is 16.9. The van der Waals surface area contributed by atoms with Crippen LogP contribution in [0, 0.1) is 0 Å². The number of aromatic nitrogens is 1. The SMILES string of the molecule is c1ccc(-c2ccc(-c3cccc(N(c4ccc5sc6cccc(-c7ccc8c(ccc9ccccc98)c7)c6c5c4)c4cccc5c4c4ccccc4n5-c4ccccc4)c3)cc2)cc1. The summed E-state index contributed by atoms with van der Waals surface area (Å²) in [6.45, 7) is 0. The molecule has 0 unspecified atom stereocenters. The van der Waals surface area contributed by atoms with Gasteiger partial charge in [-0.05, 0) is 128 Å². The van der Waals surface area contributed by atoms with Crippen LogP contribution in [0.1, 0.15) is 0 Å². The molecule has 0 atom stereocenters. The Morgan fingerprint density at radius 2 is 0.954 bits per heavy atom. The Morgan fingerprint density at radius 3 is 1.82 bits per heavy atom. The summed E-state index contributed by atoms with van der Waals surface area (Å²) in [5.41, 5.74) is 14.1. The zero-order chi connectivity index (χ0) is 42.8. The number of anilines is 3. The molecule has 304 valence electrons. The average molecular weight is 845 g/mol. The van der Waals surface area contributed by atoms with Crippen molar-refractivity contribution in [3.05, 3.63) is 243 Å². The molecule has 11 aromatic carbocycles. The van der Waals surface area contributed by atoms with E-state index in [1.54, 1.807) is 0 Å². The monoisotopic (exact) mass is 844 g/mol. The number of para-hydroxylation sites is 2. The highest BCUT2D eigenvalue weighted by Crippen LogP contribution is 2.48. The highest BCUT2D eigenvalue weighted by atomic mass is 32.1. The van der Waals surface area contributed by atoms with Gasteiger partial charge in [-0.3, -0.25) is 0 Å². The maximum Gasteiger partial charge on any atom is 0.0562 e. The Bertz CT molecular complexity index is 3940. The van der Waals surface area contributed by atoms with Crippen molar-refractivity contribution in [2.75, 3.05) is 4.90 Å². The van der Waals surface area contributed by atoms with Gasteiger partial charge >= 0.3 is 0 Å². The van der Waals surface area contributed by atoms with Crippen LogP contribution < -0.4 is 4.90 Å². The van der Waals surface area contributed by atoms with Crippen molar-refractivity contribution in [2.24, 2.45) is 0 Å². The van der Waals surface area contributed by atoms with E-state index in [1.165, 1.54) is 96.9 Å². The van der Waals surface area contributed by atoms with Gasteiger partial charge in [-0.15, -0.1) is 11.3 Å². The van der Waals surface area contributed by atoms with Crippen LogP contribution >= 0.6 is 11.3 Å². The molecule has 3 heteroatoms. The van der Waals surface area contributed by atoms with Crippen LogP contribution in [0.15, 0.2) is 243 Å². The number of hydrogen-bond donors (Lipinski definition) is 0. The van der Waals surface area contributed by atoms with E-state index in [0.717, 1.165) is 22.7 Å². The molecule has 13 aromatic rings. The molecule has 0 spiro atoms. The second-order valence-corrected chi connectivity index (χ2v) is 18.0. The summed E-state index contributed by atoms with van der Waals surface area (Å²) in [6, 6.07) is 89.0. The summed E-state index contributed by atoms with van der Waals surface area (Å²) >= 11 is 1.87. The van der Waals surface area contributed by atoms with Gasteiger partial charge in [0.2, 0.25) is 0 Å². The third kappa shape index (κ3) is 6.24. The molecule has 0 amide bonds. The molecule has 13 rings (SSSR count). The topological polar surface area (TPSA) is 8.17 Å². The summed E-state index contributed by atoms with van der Waals surface area (Å²) < 4.78 is 4.97. The molecule has 65 heavy (non-hydrogen) atoms. The van der Waals surface area contributed by atoms with Crippen molar-refractivity contribution < 1.29 is 0 Å². The van der Waals surface area contributed by atoms with Crippen LogP contribution in [0.5, 0.6) is 0 Å². The van der Waals surface area contributed by atoms with E-state index < -0.39 is 0 Å². The lowest BCUT2D eigenvalue weighted by Gasteiger charge is -2.27. The van der Waals surface area contributed by atoms with Gasteiger partial charge in [0.25, 0.3) is 0 Å². The largest absolute Gasteiger partial charge is 0.310 e. The molecule has 0 saturated heterocycles. The normalized spacial score (nSPS) is 11.7. The predicted molar refractivity (Wildman–Crippen MR) is 280 cm³/mol. The van der Waals surface area contributed by atoms with Crippen molar-refractivity contribution >= 4 is 91.9 Å². The lowest BCUT2D eigenvalue weighted by atomic mass is 9.95. The van der Waals surface area contributed by atoms with Gasteiger partial charge in [-0.25, -0.2) is 0 Å². The minimum Gasteiger partial charge on any atom is -0.310 e. The maximum absolute atomic E-state index is 2.48. The molecular formula is C62H40N2S. The fourth-order valence-corrected chi connectivity index (χ4v) is 11.3. The molecule has 2 heterocycles. The molecule has 2 nitrogen and oxygen atoms in total. The van der Waals surface area contributed by atoms with Gasteiger partial charge in [0.05, 0.1) is 16.7 Å². The highest BCUT2D eigenvalue weighted by Gasteiger charge is 2.23. The Hall–Kier alpha value is -8.24. The lowest BCUT2D eigenvalue weighted by molar-refractivity contribution is 1.18. The molecular weight excluding hydrogens is 805 g/mol. The maximum atomic E-state index is 2.48. The van der Waals surface area contributed by atoms with Crippen molar-refractivity contribution in [1.29, 1.82) is 0 Å². The Kier molecular flexibility index (Phi) is 8.75. The molecule has 0 saturated carbocycles. The van der Waals surface area contributed by atoms with E-state index in [9.17, 15) is 0 Å². The summed E-state index contributed by atoms with van der Waals surface area (Å²) in [6.07, 6.45) is 0. The van der Waals surface area contributed by atoms with Crippen molar-refractivity contribution in [3.63, 3.8) is 0 Å². The predicted octanol–water partition coefficient (Wildman–Crippen LogP) is 17.9. The van der Waals surface area contributed by atoms with E-state index in [-0.39, 0.29) is 0 Å². The third-order valence-corrected chi connectivity index (χ3v) is 14.3. The number of thiophene rings is 1. The average Bonchev–Trinajstić information content (AvgIpc) is 3.93. The molecule has 0 N–H and O–H groups in total. The van der Waals surface area contributed by atoms with Gasteiger partial charge < -0.3 is 9.47 Å². The summed E-state index contributed by atoms with van der Waals surface area (Å²) in [5, 5.41) is 10.1. The number of hydrogen-bond acceptors (Lipinski definition) is 2. The molecule has 0 aliphatic carbocycles. The standard InChI is InChI=1S/C62H40N2S/c1-3-14-41(15-4-1)42-28-30-43(31-29-42)45-17-11-20-49(39-45)63(57-25-13-26-58-62(57)54-22-9-10-24-56(54)64(58)48-18-5-2-6-19-48)50-35-37-59-55(40-50)61-53(23-12-27-60(61)65-59)47-34-36-52-46(38-47)33-32-44-16-7-8-21-51(44)52/h1-40H. The zero-order valence-electron chi connectivity index (χ0n) is 35.4. The number of rotatable bonds is 7. The van der Waals surface area contributed by atoms with E-state index in [2.05, 4.69) is 252 Å². The van der Waals surface area contributed by atoms with Crippen molar-refractivity contribution in [3.8, 4) is 39.1 Å². The van der Waals surface area contributed by atoms with Gasteiger partial charge in [0.1, 0.15) is 0 Å². The first-order valence-electron chi connectivity index (χ1n) is 22.2. The van der Waals surface area contributed by atoms with Crippen LogP contribution in [0.25, 0.3) is 103 Å². The molecule has 0 radical (unpaired) electrons. The molecule has 2 aromatic heterocycles. The summed E-state index contributed by atoms with van der Waals surface area (Å²) in [5.74, 6) is 0. The van der Waals surface area contributed by atoms with Crippen LogP contribution in [-0.4, -0.2) is 4.57 Å². The third-order valence-electron chi connectivity index (χ3n) is 13.2. The van der Waals surface area contributed by atoms with Gasteiger partial charge in [0, 0.05) is 48.0 Å². The van der Waals surface area contributed by atoms with Crippen LogP contribution in [0.4, 0.5) is 17.1 Å². The second kappa shape index (κ2) is 15.2. The molecule has 0 aliphatic heterocycles. The van der Waals surface area contributed by atoms with Crippen LogP contribution in [-0.2, 0) is 0 Å². The fourth-order valence-electron chi connectivity index (χ4n) is 10.2. The van der Waals surface area contributed by atoms with Crippen molar-refractivity contribution in [1.82, 2.24) is 4.57 Å². The van der Waals surface area contributed by atoms with Crippen LogP contribution in [0.3, 0.4) is 0 Å². The quantitative estimate of drug-likeness (QED) is 0.145. The van der Waals surface area contributed by atoms with Crippen molar-refractivity contribution in [2.45, 2.75) is 0 Å². The summed E-state index contributed by atoms with van der Waals surface area (Å²) in [4.78, 5) is 2.48. The summed E-state index contributed by atoms with van der Waals surface area (Å²) in [7, 11) is 0. The van der Waals surface area contributed by atoms with E-state index in [0.29, 0.717) is 0 Å². The fraction of sp³-hybridized carbons (Fsp3) is 0. The zero-order valence-corrected chi connectivity index (χ0v) is 36.2. The first-order valence-corrected chi connectivity index (χ1v) is 23.1. The van der Waals surface area contributed by atoms with Gasteiger partial charge in [0.15, 0.2) is 0 Å². The van der Waals surface area contributed by atoms with Gasteiger partial charge in [-0.1, -0.05) is 170 Å². The number of nitrogens with zero attached hydrogens (tertiary/aromatic N) is 2. The minimum absolute atomic E-state index is 1.10. The Balaban J connectivity index is 1.03. The van der Waals surface area contributed by atoms with E-state index >= 15 is 0 Å². The highest BCUT2D eigenvalue weighted by molar-refractivity contribution is 7.26. The first-order chi connectivity index (χ1) is 32.2. The molecule has 0 fully saturated rings. The minimum atomic E-state index is 1.10. The molecule has 0 bridgehead atoms. The first kappa shape index (κ1) is 37.3. The Morgan fingerprint density at radius 1 is 0.323 bits per heavy atom. The number of fused-ring (bicyclic) bond motifs is 9. The Labute approximate surface area is 381 Å². The van der Waals surface area contributed by atoms with Crippen LogP contribution in [0.2, 0.25) is 0 Å². The smallest absolute Gasteiger partial charge is 0.0562 e.